The maximum atomic E-state index is 12.1. The van der Waals surface area contributed by atoms with E-state index >= 15 is 0 Å². The van der Waals surface area contributed by atoms with Crippen LogP contribution in [0.2, 0.25) is 5.02 Å². The highest BCUT2D eigenvalue weighted by molar-refractivity contribution is 7.89. The van der Waals surface area contributed by atoms with Crippen molar-refractivity contribution in [1.29, 1.82) is 0 Å². The number of hydrogen-bond acceptors (Lipinski definition) is 5. The molecule has 0 amide bonds. The van der Waals surface area contributed by atoms with Crippen LogP contribution in [0.25, 0.3) is 5.65 Å². The number of halogens is 1. The van der Waals surface area contributed by atoms with Gasteiger partial charge in [0.2, 0.25) is 0 Å². The van der Waals surface area contributed by atoms with E-state index in [-0.39, 0.29) is 4.90 Å². The summed E-state index contributed by atoms with van der Waals surface area (Å²) in [4.78, 5) is 6.41. The van der Waals surface area contributed by atoms with E-state index in [1.165, 1.54) is 35.3 Å². The van der Waals surface area contributed by atoms with Crippen LogP contribution in [0.4, 0.5) is 0 Å². The molecule has 0 bridgehead atoms. The SMILES string of the molecule is Cc1ccc(S(=O)(=O)N/N=C/c2cnc3cc(Cl)cnn23)cc1. The largest absolute Gasteiger partial charge is 0.276 e. The second-order valence-corrected chi connectivity index (χ2v) is 6.89. The third kappa shape index (κ3) is 3.33. The van der Waals surface area contributed by atoms with Crippen LogP contribution < -0.4 is 4.83 Å². The van der Waals surface area contributed by atoms with E-state index in [0.717, 1.165) is 5.56 Å². The van der Waals surface area contributed by atoms with Gasteiger partial charge in [-0.1, -0.05) is 29.3 Å². The molecule has 3 aromatic rings. The van der Waals surface area contributed by atoms with Gasteiger partial charge in [-0.25, -0.2) is 14.3 Å². The van der Waals surface area contributed by atoms with Gasteiger partial charge in [0.1, 0.15) is 5.69 Å². The van der Waals surface area contributed by atoms with Crippen LogP contribution >= 0.6 is 11.6 Å². The average molecular weight is 350 g/mol. The summed E-state index contributed by atoms with van der Waals surface area (Å²) < 4.78 is 25.7. The molecule has 0 saturated carbocycles. The third-order valence-corrected chi connectivity index (χ3v) is 4.50. The molecular formula is C14H12ClN5O2S. The van der Waals surface area contributed by atoms with E-state index in [4.69, 9.17) is 11.6 Å². The van der Waals surface area contributed by atoms with Crippen molar-refractivity contribution in [1.82, 2.24) is 19.4 Å². The Labute approximate surface area is 137 Å². The average Bonchev–Trinajstić information content (AvgIpc) is 2.90. The Morgan fingerprint density at radius 1 is 1.26 bits per heavy atom. The van der Waals surface area contributed by atoms with Gasteiger partial charge in [-0.2, -0.15) is 18.6 Å². The van der Waals surface area contributed by atoms with E-state index in [2.05, 4.69) is 20.0 Å². The van der Waals surface area contributed by atoms with Crippen molar-refractivity contribution in [3.63, 3.8) is 0 Å². The number of nitrogens with zero attached hydrogens (tertiary/aromatic N) is 4. The first kappa shape index (κ1) is 15.4. The van der Waals surface area contributed by atoms with Gasteiger partial charge in [0.25, 0.3) is 10.0 Å². The first-order valence-electron chi connectivity index (χ1n) is 6.56. The molecule has 0 radical (unpaired) electrons. The van der Waals surface area contributed by atoms with Crippen molar-refractivity contribution < 1.29 is 8.42 Å². The number of fused-ring (bicyclic) bond motifs is 1. The molecule has 2 heterocycles. The van der Waals surface area contributed by atoms with Crippen molar-refractivity contribution in [2.45, 2.75) is 11.8 Å². The quantitative estimate of drug-likeness (QED) is 0.576. The zero-order chi connectivity index (χ0) is 16.4. The van der Waals surface area contributed by atoms with Gasteiger partial charge in [-0.3, -0.25) is 0 Å². The van der Waals surface area contributed by atoms with Gasteiger partial charge in [-0.05, 0) is 19.1 Å². The fourth-order valence-corrected chi connectivity index (χ4v) is 2.82. The molecule has 1 aromatic carbocycles. The monoisotopic (exact) mass is 349 g/mol. The minimum absolute atomic E-state index is 0.142. The van der Waals surface area contributed by atoms with Crippen molar-refractivity contribution >= 4 is 33.5 Å². The zero-order valence-corrected chi connectivity index (χ0v) is 13.6. The number of benzene rings is 1. The maximum Gasteiger partial charge on any atom is 0.276 e. The van der Waals surface area contributed by atoms with Crippen LogP contribution in [-0.2, 0) is 10.0 Å². The Morgan fingerprint density at radius 2 is 2.00 bits per heavy atom. The van der Waals surface area contributed by atoms with Gasteiger partial charge in [0, 0.05) is 6.07 Å². The molecule has 23 heavy (non-hydrogen) atoms. The molecule has 0 aliphatic carbocycles. The lowest BCUT2D eigenvalue weighted by atomic mass is 10.2. The summed E-state index contributed by atoms with van der Waals surface area (Å²) in [6.45, 7) is 1.88. The van der Waals surface area contributed by atoms with Gasteiger partial charge in [-0.15, -0.1) is 0 Å². The molecule has 0 saturated heterocycles. The van der Waals surface area contributed by atoms with Crippen LogP contribution in [0.5, 0.6) is 0 Å². The highest BCUT2D eigenvalue weighted by Crippen LogP contribution is 2.11. The number of hydrazone groups is 1. The van der Waals surface area contributed by atoms with Crippen LogP contribution in [0.3, 0.4) is 0 Å². The minimum Gasteiger partial charge on any atom is -0.235 e. The van der Waals surface area contributed by atoms with Crippen molar-refractivity contribution in [3.8, 4) is 0 Å². The highest BCUT2D eigenvalue weighted by atomic mass is 35.5. The molecule has 0 spiro atoms. The highest BCUT2D eigenvalue weighted by Gasteiger charge is 2.12. The Hall–Kier alpha value is -2.45. The Bertz CT molecular complexity index is 980. The number of hydrogen-bond donors (Lipinski definition) is 1. The smallest absolute Gasteiger partial charge is 0.235 e. The lowest BCUT2D eigenvalue weighted by Gasteiger charge is -2.03. The molecule has 9 heteroatoms. The molecule has 118 valence electrons. The summed E-state index contributed by atoms with van der Waals surface area (Å²) in [5.41, 5.74) is 2.03. The fraction of sp³-hybridized carbons (Fsp3) is 0.0714. The van der Waals surface area contributed by atoms with Crippen LogP contribution in [-0.4, -0.2) is 29.2 Å². The van der Waals surface area contributed by atoms with E-state index in [1.54, 1.807) is 18.2 Å². The number of imidazole rings is 1. The molecule has 0 aliphatic heterocycles. The predicted octanol–water partition coefficient (Wildman–Crippen LogP) is 2.00. The Morgan fingerprint density at radius 3 is 2.74 bits per heavy atom. The molecule has 0 unspecified atom stereocenters. The zero-order valence-electron chi connectivity index (χ0n) is 12.0. The summed E-state index contributed by atoms with van der Waals surface area (Å²) in [7, 11) is -3.71. The molecular weight excluding hydrogens is 338 g/mol. The third-order valence-electron chi connectivity index (χ3n) is 3.06. The van der Waals surface area contributed by atoms with Gasteiger partial charge < -0.3 is 0 Å². The van der Waals surface area contributed by atoms with Crippen molar-refractivity contribution in [2.24, 2.45) is 5.10 Å². The minimum atomic E-state index is -3.71. The van der Waals surface area contributed by atoms with Crippen molar-refractivity contribution in [2.75, 3.05) is 0 Å². The second kappa shape index (κ2) is 5.98. The van der Waals surface area contributed by atoms with E-state index < -0.39 is 10.0 Å². The molecule has 3 rings (SSSR count). The second-order valence-electron chi connectivity index (χ2n) is 4.79. The number of aromatic nitrogens is 3. The summed E-state index contributed by atoms with van der Waals surface area (Å²) in [5, 5.41) is 8.30. The summed E-state index contributed by atoms with van der Waals surface area (Å²) in [6, 6.07) is 8.12. The summed E-state index contributed by atoms with van der Waals surface area (Å²) in [6.07, 6.45) is 4.30. The normalized spacial score (nSPS) is 12.1. The number of aryl methyl sites for hydroxylation is 1. The lowest BCUT2D eigenvalue weighted by molar-refractivity contribution is 0.584. The van der Waals surface area contributed by atoms with Gasteiger partial charge in [0.15, 0.2) is 5.65 Å². The van der Waals surface area contributed by atoms with E-state index in [0.29, 0.717) is 16.4 Å². The number of rotatable bonds is 4. The number of sulfonamides is 1. The Kier molecular flexibility index (Phi) is 4.01. The lowest BCUT2D eigenvalue weighted by Crippen LogP contribution is -2.18. The molecule has 0 aliphatic rings. The summed E-state index contributed by atoms with van der Waals surface area (Å²) in [5.74, 6) is 0. The first-order valence-corrected chi connectivity index (χ1v) is 8.43. The van der Waals surface area contributed by atoms with Crippen molar-refractivity contribution in [3.05, 3.63) is 59.0 Å². The molecule has 1 N–H and O–H groups in total. The van der Waals surface area contributed by atoms with Gasteiger partial charge in [0.05, 0.1) is 28.5 Å². The van der Waals surface area contributed by atoms with E-state index in [1.807, 2.05) is 6.92 Å². The topological polar surface area (TPSA) is 88.7 Å². The van der Waals surface area contributed by atoms with Crippen LogP contribution in [0.1, 0.15) is 11.3 Å². The predicted molar refractivity (Wildman–Crippen MR) is 87.1 cm³/mol. The Balaban J connectivity index is 1.81. The fourth-order valence-electron chi connectivity index (χ4n) is 1.89. The molecule has 7 nitrogen and oxygen atoms in total. The van der Waals surface area contributed by atoms with Crippen LogP contribution in [0, 0.1) is 6.92 Å². The van der Waals surface area contributed by atoms with E-state index in [9.17, 15) is 8.42 Å². The number of nitrogens with one attached hydrogen (secondary N) is 1. The molecule has 0 atom stereocenters. The standard InChI is InChI=1S/C14H12ClN5O2S/c1-10-2-4-13(5-3-10)23(21,22)19-17-9-12-8-16-14-6-11(15)7-18-20(12)14/h2-9,19H,1H3/b17-9+. The molecule has 0 fully saturated rings. The van der Waals surface area contributed by atoms with Crippen LogP contribution in [0.15, 0.2) is 52.7 Å². The summed E-state index contributed by atoms with van der Waals surface area (Å²) >= 11 is 5.83. The molecule has 2 aromatic heterocycles. The first-order chi connectivity index (χ1) is 11.0. The van der Waals surface area contributed by atoms with Gasteiger partial charge >= 0.3 is 0 Å². The maximum absolute atomic E-state index is 12.1.